The van der Waals surface area contributed by atoms with Gasteiger partial charge in [-0.25, -0.2) is 0 Å². The van der Waals surface area contributed by atoms with Crippen molar-refractivity contribution in [3.05, 3.63) is 29.8 Å². The van der Waals surface area contributed by atoms with Gasteiger partial charge in [-0.3, -0.25) is 4.79 Å². The van der Waals surface area contributed by atoms with E-state index in [0.29, 0.717) is 0 Å². The third kappa shape index (κ3) is 3.31. The fourth-order valence-corrected chi connectivity index (χ4v) is 1.99. The Hall–Kier alpha value is -1.39. The second kappa shape index (κ2) is 5.98. The highest BCUT2D eigenvalue weighted by atomic mass is 16.7. The van der Waals surface area contributed by atoms with Crippen molar-refractivity contribution in [1.82, 2.24) is 0 Å². The summed E-state index contributed by atoms with van der Waals surface area (Å²) in [6.45, 7) is 4.34. The monoisotopic (exact) mass is 249 g/mol. The fraction of sp³-hybridized carbons (Fsp3) is 0.500. The molecule has 1 aliphatic rings. The Morgan fingerprint density at radius 2 is 2.11 bits per heavy atom. The molecular formula is C14H19NO3. The number of carbonyl (C=O) groups is 1. The zero-order valence-electron chi connectivity index (χ0n) is 10.8. The van der Waals surface area contributed by atoms with Gasteiger partial charge in [0.1, 0.15) is 0 Å². The molecule has 0 bridgehead atoms. The molecule has 2 unspecified atom stereocenters. The van der Waals surface area contributed by atoms with Gasteiger partial charge in [0.15, 0.2) is 6.29 Å². The second-order valence-electron chi connectivity index (χ2n) is 4.46. The number of nitrogens with one attached hydrogen (secondary N) is 1. The fourth-order valence-electron chi connectivity index (χ4n) is 1.99. The Kier molecular flexibility index (Phi) is 4.33. The van der Waals surface area contributed by atoms with E-state index in [2.05, 4.69) is 12.2 Å². The number of rotatable bonds is 3. The lowest BCUT2D eigenvalue weighted by atomic mass is 10.1. The van der Waals surface area contributed by atoms with Gasteiger partial charge in [0.05, 0.1) is 12.7 Å². The van der Waals surface area contributed by atoms with Crippen molar-refractivity contribution >= 4 is 11.6 Å². The predicted molar refractivity (Wildman–Crippen MR) is 69.2 cm³/mol. The zero-order valence-corrected chi connectivity index (χ0v) is 10.8. The molecule has 2 rings (SSSR count). The minimum atomic E-state index is -0.282. The van der Waals surface area contributed by atoms with Crippen LogP contribution >= 0.6 is 0 Å². The van der Waals surface area contributed by atoms with Crippen LogP contribution < -0.4 is 5.32 Å². The Balaban J connectivity index is 2.02. The van der Waals surface area contributed by atoms with Gasteiger partial charge >= 0.3 is 0 Å². The number of ether oxygens (including phenoxy) is 2. The summed E-state index contributed by atoms with van der Waals surface area (Å²) in [5.74, 6) is -0.0704. The van der Waals surface area contributed by atoms with Crippen LogP contribution in [-0.4, -0.2) is 18.6 Å². The van der Waals surface area contributed by atoms with Crippen molar-refractivity contribution in [3.63, 3.8) is 0 Å². The van der Waals surface area contributed by atoms with Crippen LogP contribution in [0, 0.1) is 0 Å². The van der Waals surface area contributed by atoms with E-state index in [1.54, 1.807) is 0 Å². The predicted octanol–water partition coefficient (Wildman–Crippen LogP) is 2.86. The minimum absolute atomic E-state index is 0.0704. The molecule has 0 aromatic heterocycles. The number of benzene rings is 1. The SMILES string of the molecule is CCC1CCOC(c2ccc(NC(C)=O)cc2)O1. The first kappa shape index (κ1) is 13.1. The lowest BCUT2D eigenvalue weighted by Gasteiger charge is -2.30. The molecule has 1 aromatic rings. The Bertz CT molecular complexity index is 402. The molecule has 1 heterocycles. The van der Waals surface area contributed by atoms with Crippen LogP contribution in [0.2, 0.25) is 0 Å². The normalized spacial score (nSPS) is 23.7. The number of amides is 1. The van der Waals surface area contributed by atoms with E-state index >= 15 is 0 Å². The molecule has 1 aliphatic heterocycles. The molecule has 1 saturated heterocycles. The molecule has 0 radical (unpaired) electrons. The molecule has 0 aliphatic carbocycles. The largest absolute Gasteiger partial charge is 0.348 e. The molecule has 4 nitrogen and oxygen atoms in total. The number of hydrogen-bond acceptors (Lipinski definition) is 3. The van der Waals surface area contributed by atoms with E-state index in [4.69, 9.17) is 9.47 Å². The Morgan fingerprint density at radius 3 is 2.72 bits per heavy atom. The Labute approximate surface area is 107 Å². The maximum absolute atomic E-state index is 10.9. The maximum Gasteiger partial charge on any atom is 0.221 e. The number of carbonyl (C=O) groups excluding carboxylic acids is 1. The summed E-state index contributed by atoms with van der Waals surface area (Å²) in [6, 6.07) is 7.57. The molecule has 1 N–H and O–H groups in total. The first-order valence-corrected chi connectivity index (χ1v) is 6.33. The third-order valence-electron chi connectivity index (χ3n) is 2.98. The third-order valence-corrected chi connectivity index (χ3v) is 2.98. The van der Waals surface area contributed by atoms with E-state index < -0.39 is 0 Å². The lowest BCUT2D eigenvalue weighted by molar-refractivity contribution is -0.217. The summed E-state index contributed by atoms with van der Waals surface area (Å²) in [4.78, 5) is 10.9. The van der Waals surface area contributed by atoms with Crippen LogP contribution in [0.5, 0.6) is 0 Å². The minimum Gasteiger partial charge on any atom is -0.348 e. The van der Waals surface area contributed by atoms with Gasteiger partial charge in [0.2, 0.25) is 5.91 Å². The van der Waals surface area contributed by atoms with Crippen molar-refractivity contribution in [2.75, 3.05) is 11.9 Å². The van der Waals surface area contributed by atoms with Crippen LogP contribution in [0.15, 0.2) is 24.3 Å². The molecular weight excluding hydrogens is 230 g/mol. The standard InChI is InChI=1S/C14H19NO3/c1-3-13-8-9-17-14(18-13)11-4-6-12(7-5-11)15-10(2)16/h4-7,13-14H,3,8-9H2,1-2H3,(H,15,16). The molecule has 2 atom stereocenters. The highest BCUT2D eigenvalue weighted by Crippen LogP contribution is 2.28. The molecule has 1 amide bonds. The molecule has 98 valence electrons. The van der Waals surface area contributed by atoms with Crippen LogP contribution in [-0.2, 0) is 14.3 Å². The first-order chi connectivity index (χ1) is 8.69. The smallest absolute Gasteiger partial charge is 0.221 e. The van der Waals surface area contributed by atoms with E-state index in [-0.39, 0.29) is 18.3 Å². The summed E-state index contributed by atoms with van der Waals surface area (Å²) in [5, 5.41) is 2.73. The number of hydrogen-bond donors (Lipinski definition) is 1. The van der Waals surface area contributed by atoms with Crippen molar-refractivity contribution in [2.45, 2.75) is 39.1 Å². The van der Waals surface area contributed by atoms with E-state index in [0.717, 1.165) is 30.7 Å². The topological polar surface area (TPSA) is 47.6 Å². The molecule has 18 heavy (non-hydrogen) atoms. The average molecular weight is 249 g/mol. The second-order valence-corrected chi connectivity index (χ2v) is 4.46. The van der Waals surface area contributed by atoms with Gasteiger partial charge in [-0.2, -0.15) is 0 Å². The molecule has 1 fully saturated rings. The Morgan fingerprint density at radius 1 is 1.39 bits per heavy atom. The van der Waals surface area contributed by atoms with E-state index in [9.17, 15) is 4.79 Å². The van der Waals surface area contributed by atoms with Crippen LogP contribution in [0.25, 0.3) is 0 Å². The summed E-state index contributed by atoms with van der Waals surface area (Å²) in [6.07, 6.45) is 1.95. The van der Waals surface area contributed by atoms with Gasteiger partial charge in [0.25, 0.3) is 0 Å². The van der Waals surface area contributed by atoms with Gasteiger partial charge < -0.3 is 14.8 Å². The summed E-state index contributed by atoms with van der Waals surface area (Å²) in [7, 11) is 0. The molecule has 0 spiro atoms. The number of anilines is 1. The van der Waals surface area contributed by atoms with E-state index in [1.807, 2.05) is 24.3 Å². The molecule has 0 saturated carbocycles. The van der Waals surface area contributed by atoms with Gasteiger partial charge in [-0.1, -0.05) is 19.1 Å². The van der Waals surface area contributed by atoms with Gasteiger partial charge in [0, 0.05) is 18.2 Å². The highest BCUT2D eigenvalue weighted by Gasteiger charge is 2.22. The van der Waals surface area contributed by atoms with Crippen molar-refractivity contribution < 1.29 is 14.3 Å². The molecule has 1 aromatic carbocycles. The van der Waals surface area contributed by atoms with Crippen LogP contribution in [0.4, 0.5) is 5.69 Å². The average Bonchev–Trinajstić information content (AvgIpc) is 2.39. The lowest BCUT2D eigenvalue weighted by Crippen LogP contribution is -2.26. The van der Waals surface area contributed by atoms with Crippen molar-refractivity contribution in [2.24, 2.45) is 0 Å². The molecule has 4 heteroatoms. The van der Waals surface area contributed by atoms with E-state index in [1.165, 1.54) is 6.92 Å². The van der Waals surface area contributed by atoms with Crippen molar-refractivity contribution in [3.8, 4) is 0 Å². The summed E-state index contributed by atoms with van der Waals surface area (Å²) in [5.41, 5.74) is 1.77. The summed E-state index contributed by atoms with van der Waals surface area (Å²) >= 11 is 0. The summed E-state index contributed by atoms with van der Waals surface area (Å²) < 4.78 is 11.4. The van der Waals surface area contributed by atoms with Gasteiger partial charge in [-0.15, -0.1) is 0 Å². The van der Waals surface area contributed by atoms with Crippen LogP contribution in [0.1, 0.15) is 38.5 Å². The van der Waals surface area contributed by atoms with Gasteiger partial charge in [-0.05, 0) is 25.0 Å². The van der Waals surface area contributed by atoms with Crippen molar-refractivity contribution in [1.29, 1.82) is 0 Å². The van der Waals surface area contributed by atoms with Crippen LogP contribution in [0.3, 0.4) is 0 Å². The maximum atomic E-state index is 10.9. The quantitative estimate of drug-likeness (QED) is 0.896. The zero-order chi connectivity index (χ0) is 13.0. The highest BCUT2D eigenvalue weighted by molar-refractivity contribution is 5.88. The first-order valence-electron chi connectivity index (χ1n) is 6.33.